The minimum Gasteiger partial charge on any atom is -0.351 e. The van der Waals surface area contributed by atoms with Crippen molar-refractivity contribution in [3.63, 3.8) is 0 Å². The third-order valence-corrected chi connectivity index (χ3v) is 3.97. The summed E-state index contributed by atoms with van der Waals surface area (Å²) in [6.07, 6.45) is -0.306. The van der Waals surface area contributed by atoms with Crippen molar-refractivity contribution in [3.05, 3.63) is 29.8 Å². The summed E-state index contributed by atoms with van der Waals surface area (Å²) in [5, 5.41) is 1.81. The van der Waals surface area contributed by atoms with E-state index < -0.39 is 21.8 Å². The Morgan fingerprint density at radius 1 is 1.22 bits per heavy atom. The van der Waals surface area contributed by atoms with Crippen LogP contribution in [0.1, 0.15) is 12.0 Å². The van der Waals surface area contributed by atoms with Crippen LogP contribution < -0.4 is 11.1 Å². The van der Waals surface area contributed by atoms with Gasteiger partial charge in [0.2, 0.25) is 5.91 Å². The summed E-state index contributed by atoms with van der Waals surface area (Å²) >= 11 is 0. The molecule has 0 aliphatic rings. The number of imide groups is 1. The van der Waals surface area contributed by atoms with Gasteiger partial charge in [-0.3, -0.25) is 10.1 Å². The number of carbonyl (C=O) groups is 2. The van der Waals surface area contributed by atoms with E-state index in [9.17, 15) is 18.0 Å². The van der Waals surface area contributed by atoms with Gasteiger partial charge in [0, 0.05) is 6.42 Å². The van der Waals surface area contributed by atoms with Crippen molar-refractivity contribution < 1.29 is 18.0 Å². The molecule has 3 N–H and O–H groups in total. The summed E-state index contributed by atoms with van der Waals surface area (Å²) in [7, 11) is -3.52. The van der Waals surface area contributed by atoms with E-state index in [0.29, 0.717) is 0 Å². The lowest BCUT2D eigenvalue weighted by Gasteiger charge is -2.04. The van der Waals surface area contributed by atoms with Crippen LogP contribution in [0.2, 0.25) is 0 Å². The van der Waals surface area contributed by atoms with Gasteiger partial charge in [-0.05, 0) is 19.1 Å². The number of primary amides is 1. The Morgan fingerprint density at radius 3 is 2.28 bits per heavy atom. The van der Waals surface area contributed by atoms with Crippen molar-refractivity contribution in [2.24, 2.45) is 5.73 Å². The molecule has 0 saturated carbocycles. The zero-order valence-electron chi connectivity index (χ0n) is 9.84. The predicted octanol–water partition coefficient (Wildman–Crippen LogP) is 0.354. The molecule has 3 amide bonds. The molecule has 1 aromatic rings. The van der Waals surface area contributed by atoms with E-state index in [0.717, 1.165) is 5.56 Å². The highest BCUT2D eigenvalue weighted by Gasteiger charge is 2.16. The fourth-order valence-electron chi connectivity index (χ4n) is 1.29. The largest absolute Gasteiger partial charge is 0.351 e. The van der Waals surface area contributed by atoms with Crippen molar-refractivity contribution in [2.45, 2.75) is 18.2 Å². The van der Waals surface area contributed by atoms with Crippen LogP contribution in [0.4, 0.5) is 4.79 Å². The molecule has 0 fully saturated rings. The number of carbonyl (C=O) groups excluding carboxylic acids is 2. The van der Waals surface area contributed by atoms with E-state index in [1.165, 1.54) is 12.1 Å². The van der Waals surface area contributed by atoms with Gasteiger partial charge in [-0.15, -0.1) is 0 Å². The molecular weight excluding hydrogens is 256 g/mol. The Balaban J connectivity index is 2.68. The monoisotopic (exact) mass is 270 g/mol. The first-order chi connectivity index (χ1) is 8.31. The van der Waals surface area contributed by atoms with Crippen LogP contribution in [0.25, 0.3) is 0 Å². The van der Waals surface area contributed by atoms with Gasteiger partial charge in [0.25, 0.3) is 0 Å². The molecule has 0 heterocycles. The van der Waals surface area contributed by atoms with Crippen LogP contribution in [0.5, 0.6) is 0 Å². The third-order valence-electron chi connectivity index (χ3n) is 2.24. The number of aryl methyl sites for hydroxylation is 1. The molecule has 0 saturated heterocycles. The van der Waals surface area contributed by atoms with Gasteiger partial charge in [-0.1, -0.05) is 17.7 Å². The van der Waals surface area contributed by atoms with Crippen LogP contribution in [0.15, 0.2) is 29.2 Å². The van der Waals surface area contributed by atoms with Crippen molar-refractivity contribution in [1.82, 2.24) is 5.32 Å². The molecule has 0 aliphatic carbocycles. The number of urea groups is 1. The van der Waals surface area contributed by atoms with E-state index in [1.54, 1.807) is 12.1 Å². The molecule has 1 aromatic carbocycles. The van der Waals surface area contributed by atoms with Gasteiger partial charge in [0.15, 0.2) is 9.84 Å². The predicted molar refractivity (Wildman–Crippen MR) is 65.6 cm³/mol. The van der Waals surface area contributed by atoms with Crippen molar-refractivity contribution in [3.8, 4) is 0 Å². The van der Waals surface area contributed by atoms with Crippen LogP contribution in [0.3, 0.4) is 0 Å². The first kappa shape index (κ1) is 14.2. The minimum atomic E-state index is -3.52. The second-order valence-corrected chi connectivity index (χ2v) is 5.90. The Morgan fingerprint density at radius 2 is 1.78 bits per heavy atom. The first-order valence-electron chi connectivity index (χ1n) is 5.20. The van der Waals surface area contributed by atoms with Gasteiger partial charge < -0.3 is 5.73 Å². The Labute approximate surface area is 105 Å². The number of hydrogen-bond acceptors (Lipinski definition) is 4. The van der Waals surface area contributed by atoms with E-state index >= 15 is 0 Å². The lowest BCUT2D eigenvalue weighted by molar-refractivity contribution is -0.119. The topological polar surface area (TPSA) is 106 Å². The van der Waals surface area contributed by atoms with Gasteiger partial charge in [0.05, 0.1) is 10.6 Å². The van der Waals surface area contributed by atoms with Crippen LogP contribution in [0, 0.1) is 6.92 Å². The van der Waals surface area contributed by atoms with Crippen LogP contribution in [-0.2, 0) is 14.6 Å². The van der Waals surface area contributed by atoms with Crippen molar-refractivity contribution in [2.75, 3.05) is 5.75 Å². The normalized spacial score (nSPS) is 10.9. The maximum atomic E-state index is 11.8. The summed E-state index contributed by atoms with van der Waals surface area (Å²) in [4.78, 5) is 21.6. The molecule has 0 spiro atoms. The van der Waals surface area contributed by atoms with Crippen LogP contribution in [-0.4, -0.2) is 26.1 Å². The highest BCUT2D eigenvalue weighted by atomic mass is 32.2. The van der Waals surface area contributed by atoms with Gasteiger partial charge in [-0.2, -0.15) is 0 Å². The summed E-state index contributed by atoms with van der Waals surface area (Å²) in [5.41, 5.74) is 5.68. The molecule has 0 aromatic heterocycles. The minimum absolute atomic E-state index is 0.153. The zero-order chi connectivity index (χ0) is 13.8. The second-order valence-electron chi connectivity index (χ2n) is 3.79. The second kappa shape index (κ2) is 5.63. The van der Waals surface area contributed by atoms with Gasteiger partial charge >= 0.3 is 6.03 Å². The summed E-state index contributed by atoms with van der Waals surface area (Å²) in [6, 6.07) is 5.33. The smallest absolute Gasteiger partial charge is 0.318 e. The average Bonchev–Trinajstić information content (AvgIpc) is 2.26. The van der Waals surface area contributed by atoms with E-state index in [2.05, 4.69) is 0 Å². The fourth-order valence-corrected chi connectivity index (χ4v) is 2.53. The molecule has 18 heavy (non-hydrogen) atoms. The molecule has 6 nitrogen and oxygen atoms in total. The highest BCUT2D eigenvalue weighted by Crippen LogP contribution is 2.12. The highest BCUT2D eigenvalue weighted by molar-refractivity contribution is 7.91. The Kier molecular flexibility index (Phi) is 4.43. The van der Waals surface area contributed by atoms with Gasteiger partial charge in [-0.25, -0.2) is 13.2 Å². The maximum Gasteiger partial charge on any atom is 0.318 e. The van der Waals surface area contributed by atoms with Gasteiger partial charge in [0.1, 0.15) is 0 Å². The van der Waals surface area contributed by atoms with Crippen molar-refractivity contribution in [1.29, 1.82) is 0 Å². The number of sulfone groups is 1. The summed E-state index contributed by atoms with van der Waals surface area (Å²) < 4.78 is 23.7. The molecule has 0 atom stereocenters. The van der Waals surface area contributed by atoms with E-state index in [4.69, 9.17) is 5.73 Å². The van der Waals surface area contributed by atoms with Crippen molar-refractivity contribution >= 4 is 21.8 Å². The number of nitrogens with two attached hydrogens (primary N) is 1. The lowest BCUT2D eigenvalue weighted by Crippen LogP contribution is -2.35. The molecule has 0 bridgehead atoms. The molecular formula is C11H14N2O4S. The molecule has 0 radical (unpaired) electrons. The zero-order valence-corrected chi connectivity index (χ0v) is 10.7. The summed E-state index contributed by atoms with van der Waals surface area (Å²) in [5.74, 6) is -1.08. The number of amides is 3. The molecule has 1 rings (SSSR count). The molecule has 7 heteroatoms. The first-order valence-corrected chi connectivity index (χ1v) is 6.85. The van der Waals surface area contributed by atoms with E-state index in [-0.39, 0.29) is 17.1 Å². The fraction of sp³-hybridized carbons (Fsp3) is 0.273. The molecule has 98 valence electrons. The number of nitrogens with one attached hydrogen (secondary N) is 1. The standard InChI is InChI=1S/C11H14N2O4S/c1-8-2-4-9(5-3-8)18(16,17)7-6-10(14)13-11(12)15/h2-5H,6-7H2,1H3,(H3,12,13,14,15). The number of hydrogen-bond donors (Lipinski definition) is 2. The average molecular weight is 270 g/mol. The molecule has 0 unspecified atom stereocenters. The number of rotatable bonds is 4. The Bertz CT molecular complexity index is 549. The van der Waals surface area contributed by atoms with Crippen LogP contribution >= 0.6 is 0 Å². The molecule has 0 aliphatic heterocycles. The van der Waals surface area contributed by atoms with E-state index in [1.807, 2.05) is 12.2 Å². The lowest BCUT2D eigenvalue weighted by atomic mass is 10.2. The number of benzene rings is 1. The quantitative estimate of drug-likeness (QED) is 0.823. The Hall–Kier alpha value is -1.89. The summed E-state index contributed by atoms with van der Waals surface area (Å²) in [6.45, 7) is 1.84. The third kappa shape index (κ3) is 4.17. The SMILES string of the molecule is Cc1ccc(S(=O)(=O)CCC(=O)NC(N)=O)cc1. The maximum absolute atomic E-state index is 11.8.